The van der Waals surface area contributed by atoms with E-state index < -0.39 is 85.6 Å². The van der Waals surface area contributed by atoms with Crippen LogP contribution >= 0.6 is 0 Å². The third-order valence-electron chi connectivity index (χ3n) is 9.06. The van der Waals surface area contributed by atoms with Crippen molar-refractivity contribution in [3.05, 3.63) is 0 Å². The molecular weight excluding hydrogens is 616 g/mol. The number of rotatable bonds is 23. The molecule has 0 bridgehead atoms. The Morgan fingerprint density at radius 2 is 1.11 bits per heavy atom. The van der Waals surface area contributed by atoms with Gasteiger partial charge in [-0.15, -0.1) is 0 Å². The number of aliphatic hydroxyl groups is 5. The summed E-state index contributed by atoms with van der Waals surface area (Å²) in [5, 5.41) is 61.9. The maximum absolute atomic E-state index is 13.2. The lowest BCUT2D eigenvalue weighted by Gasteiger charge is -2.46. The predicted molar refractivity (Wildman–Crippen MR) is 171 cm³/mol. The molecule has 2 heterocycles. The van der Waals surface area contributed by atoms with Crippen molar-refractivity contribution in [2.24, 2.45) is 0 Å². The molecule has 12 atom stereocenters. The lowest BCUT2D eigenvalue weighted by molar-refractivity contribution is -0.366. The smallest absolute Gasteiger partial charge is 0.308 e. The first-order valence-electron chi connectivity index (χ1n) is 17.8. The zero-order valence-corrected chi connectivity index (χ0v) is 28.8. The Morgan fingerprint density at radius 1 is 0.617 bits per heavy atom. The summed E-state index contributed by atoms with van der Waals surface area (Å²) in [6, 6.07) is 0. The molecule has 13 nitrogen and oxygen atoms in total. The lowest BCUT2D eigenvalue weighted by atomic mass is 9.97. The fraction of sp³-hybridized carbons (Fsp3) is 0.941. The Kier molecular flexibility index (Phi) is 19.8. The van der Waals surface area contributed by atoms with Crippen molar-refractivity contribution in [2.45, 2.75) is 204 Å². The van der Waals surface area contributed by atoms with Crippen molar-refractivity contribution < 1.29 is 63.9 Å². The normalized spacial score (nSPS) is 32.5. The van der Waals surface area contributed by atoms with Gasteiger partial charge in [-0.05, 0) is 33.1 Å². The van der Waals surface area contributed by atoms with Gasteiger partial charge in [0.1, 0.15) is 42.7 Å². The quantitative estimate of drug-likeness (QED) is 0.0680. The Morgan fingerprint density at radius 3 is 1.66 bits per heavy atom. The average molecular weight is 679 g/mol. The molecule has 0 aliphatic carbocycles. The molecule has 2 saturated heterocycles. The van der Waals surface area contributed by atoms with Gasteiger partial charge in [-0.1, -0.05) is 84.5 Å². The minimum atomic E-state index is -1.67. The number of aliphatic carboxylic acids is 1. The highest BCUT2D eigenvalue weighted by Crippen LogP contribution is 2.31. The first kappa shape index (κ1) is 41.7. The van der Waals surface area contributed by atoms with Crippen LogP contribution in [0.1, 0.15) is 130 Å². The second kappa shape index (κ2) is 22.3. The van der Waals surface area contributed by atoms with E-state index in [9.17, 15) is 40.2 Å². The maximum atomic E-state index is 13.2. The molecule has 13 heteroatoms. The number of esters is 1. The highest BCUT2D eigenvalue weighted by Gasteiger charge is 2.50. The predicted octanol–water partition coefficient (Wildman–Crippen LogP) is 3.33. The van der Waals surface area contributed by atoms with E-state index in [0.29, 0.717) is 12.8 Å². The van der Waals surface area contributed by atoms with Gasteiger partial charge in [0.25, 0.3) is 0 Å². The van der Waals surface area contributed by atoms with Gasteiger partial charge in [-0.2, -0.15) is 0 Å². The number of hydrogen-bond donors (Lipinski definition) is 6. The highest BCUT2D eigenvalue weighted by atomic mass is 16.8. The number of unbranched alkanes of at least 4 members (excludes halogenated alkanes) is 10. The molecule has 6 N–H and O–H groups in total. The highest BCUT2D eigenvalue weighted by molar-refractivity contribution is 5.72. The number of ether oxygens (including phenoxy) is 5. The summed E-state index contributed by atoms with van der Waals surface area (Å²) in [5.74, 6) is -1.67. The van der Waals surface area contributed by atoms with Crippen molar-refractivity contribution in [1.29, 1.82) is 0 Å². The Hall–Kier alpha value is -1.42. The van der Waals surface area contributed by atoms with Crippen molar-refractivity contribution in [3.63, 3.8) is 0 Å². The third kappa shape index (κ3) is 14.5. The minimum Gasteiger partial charge on any atom is -0.481 e. The van der Waals surface area contributed by atoms with Crippen LogP contribution in [0.4, 0.5) is 0 Å². The fourth-order valence-electron chi connectivity index (χ4n) is 6.07. The van der Waals surface area contributed by atoms with E-state index in [1.807, 2.05) is 0 Å². The number of hydrogen-bond acceptors (Lipinski definition) is 12. The molecule has 0 amide bonds. The van der Waals surface area contributed by atoms with E-state index in [0.717, 1.165) is 70.6 Å². The van der Waals surface area contributed by atoms with Gasteiger partial charge in [-0.25, -0.2) is 0 Å². The Balaban J connectivity index is 2.16. The molecule has 47 heavy (non-hydrogen) atoms. The van der Waals surface area contributed by atoms with Crippen molar-refractivity contribution in [2.75, 3.05) is 0 Å². The second-order valence-electron chi connectivity index (χ2n) is 13.3. The molecule has 0 spiro atoms. The van der Waals surface area contributed by atoms with Crippen molar-refractivity contribution in [3.8, 4) is 0 Å². The Bertz CT molecular complexity index is 875. The van der Waals surface area contributed by atoms with Gasteiger partial charge in [-0.3, -0.25) is 9.59 Å². The number of aliphatic hydroxyl groups excluding tert-OH is 5. The van der Waals surface area contributed by atoms with Gasteiger partial charge in [0.2, 0.25) is 0 Å². The molecule has 2 rings (SSSR count). The monoisotopic (exact) mass is 678 g/mol. The first-order chi connectivity index (χ1) is 22.4. The van der Waals surface area contributed by atoms with Crippen molar-refractivity contribution in [1.82, 2.24) is 0 Å². The zero-order valence-electron chi connectivity index (χ0n) is 28.8. The molecular formula is C34H62O13. The molecule has 0 saturated carbocycles. The topological polar surface area (TPSA) is 202 Å². The molecule has 2 unspecified atom stereocenters. The molecule has 0 radical (unpaired) electrons. The first-order valence-corrected chi connectivity index (χ1v) is 17.8. The lowest BCUT2D eigenvalue weighted by Crippen LogP contribution is -2.63. The Labute approximate surface area is 279 Å². The van der Waals surface area contributed by atoms with Gasteiger partial charge in [0.05, 0.1) is 31.2 Å². The van der Waals surface area contributed by atoms with Gasteiger partial charge in [0, 0.05) is 0 Å². The molecule has 0 aromatic rings. The van der Waals surface area contributed by atoms with Crippen LogP contribution in [-0.2, 0) is 33.3 Å². The molecule has 0 aromatic carbocycles. The standard InChI is InChI=1S/C34H62O13/c1-5-7-9-11-12-14-16-18-24(20-26(37)45-23(19-25(35)36)17-15-13-10-8-6-2)46-34-32(30(41)28(39)22(4)44-34)47-33-31(42)29(40)27(38)21(3)43-33/h21-24,27-34,38-42H,5-20H2,1-4H3,(H,35,36)/t21-,22-,23?,24?,27-,28-,29+,30+,31+,32+,33-,34-/m0/s1. The number of carboxylic acid groups (broad SMARTS) is 1. The van der Waals surface area contributed by atoms with Crippen LogP contribution in [0.25, 0.3) is 0 Å². The number of carbonyl (C=O) groups is 2. The largest absolute Gasteiger partial charge is 0.481 e. The molecule has 2 fully saturated rings. The van der Waals surface area contributed by atoms with E-state index in [4.69, 9.17) is 23.7 Å². The number of carboxylic acids is 1. The van der Waals surface area contributed by atoms with Crippen LogP contribution in [0.3, 0.4) is 0 Å². The third-order valence-corrected chi connectivity index (χ3v) is 9.06. The van der Waals surface area contributed by atoms with E-state index in [2.05, 4.69) is 13.8 Å². The SMILES string of the molecule is CCCCCCCCCC(CC(=O)OC(CCCCCCC)CC(=O)O)O[C@@H]1O[C@@H](C)[C@H](O)[C@@H](O)[C@H]1O[C@@H]1O[C@@H](C)[C@H](O)[C@@H](O)[C@H]1O. The van der Waals surface area contributed by atoms with Crippen LogP contribution in [0, 0.1) is 0 Å². The summed E-state index contributed by atoms with van der Waals surface area (Å²) in [6.45, 7) is 7.30. The molecule has 2 aliphatic rings. The summed E-state index contributed by atoms with van der Waals surface area (Å²) in [4.78, 5) is 24.7. The summed E-state index contributed by atoms with van der Waals surface area (Å²) in [7, 11) is 0. The van der Waals surface area contributed by atoms with Crippen LogP contribution in [-0.4, -0.2) is 116 Å². The molecule has 2 aliphatic heterocycles. The fourth-order valence-corrected chi connectivity index (χ4v) is 6.07. The second-order valence-corrected chi connectivity index (χ2v) is 13.3. The van der Waals surface area contributed by atoms with E-state index >= 15 is 0 Å². The van der Waals surface area contributed by atoms with Crippen LogP contribution in [0.15, 0.2) is 0 Å². The number of carbonyl (C=O) groups excluding carboxylic acids is 1. The zero-order chi connectivity index (χ0) is 34.9. The minimum absolute atomic E-state index is 0.202. The average Bonchev–Trinajstić information content (AvgIpc) is 3.02. The van der Waals surface area contributed by atoms with E-state index in [-0.39, 0.29) is 12.8 Å². The summed E-state index contributed by atoms with van der Waals surface area (Å²) in [6.07, 6.45) is -2.59. The summed E-state index contributed by atoms with van der Waals surface area (Å²) < 4.78 is 29.2. The molecule has 0 aromatic heterocycles. The molecule has 276 valence electrons. The van der Waals surface area contributed by atoms with Crippen LogP contribution in [0.2, 0.25) is 0 Å². The summed E-state index contributed by atoms with van der Waals surface area (Å²) in [5.41, 5.74) is 0. The van der Waals surface area contributed by atoms with E-state index in [1.54, 1.807) is 6.92 Å². The maximum Gasteiger partial charge on any atom is 0.308 e. The van der Waals surface area contributed by atoms with Crippen molar-refractivity contribution >= 4 is 11.9 Å². The summed E-state index contributed by atoms with van der Waals surface area (Å²) >= 11 is 0. The van der Waals surface area contributed by atoms with Crippen LogP contribution < -0.4 is 0 Å². The van der Waals surface area contributed by atoms with Crippen LogP contribution in [0.5, 0.6) is 0 Å². The van der Waals surface area contributed by atoms with Gasteiger partial charge >= 0.3 is 11.9 Å². The van der Waals surface area contributed by atoms with Gasteiger partial charge < -0.3 is 54.3 Å². The van der Waals surface area contributed by atoms with Gasteiger partial charge in [0.15, 0.2) is 12.6 Å². The van der Waals surface area contributed by atoms with E-state index in [1.165, 1.54) is 13.3 Å².